The molecular formula is C18H21N3O2. The molecule has 0 saturated heterocycles. The van der Waals surface area contributed by atoms with Crippen LogP contribution in [-0.2, 0) is 17.9 Å². The van der Waals surface area contributed by atoms with E-state index in [1.54, 1.807) is 0 Å². The van der Waals surface area contributed by atoms with Crippen LogP contribution >= 0.6 is 0 Å². The van der Waals surface area contributed by atoms with E-state index in [9.17, 15) is 4.79 Å². The molecule has 2 heterocycles. The number of carbonyl (C=O) groups excluding carboxylic acids is 1. The zero-order valence-corrected chi connectivity index (χ0v) is 13.3. The number of nitrogens with zero attached hydrogens (tertiary/aromatic N) is 2. The molecule has 1 saturated carbocycles. The van der Waals surface area contributed by atoms with E-state index in [2.05, 4.69) is 41.6 Å². The monoisotopic (exact) mass is 311 g/mol. The largest absolute Gasteiger partial charge is 0.365 e. The minimum Gasteiger partial charge on any atom is -0.365 e. The first kappa shape index (κ1) is 14.5. The predicted octanol–water partition coefficient (Wildman–Crippen LogP) is 2.60. The van der Waals surface area contributed by atoms with Crippen molar-refractivity contribution >= 4 is 5.91 Å². The normalized spacial score (nSPS) is 20.1. The summed E-state index contributed by atoms with van der Waals surface area (Å²) < 4.78 is 7.84. The molecule has 1 aromatic carbocycles. The third-order valence-electron chi connectivity index (χ3n) is 4.56. The smallest absolute Gasteiger partial charge is 0.271 e. The van der Waals surface area contributed by atoms with E-state index in [1.165, 1.54) is 18.4 Å². The van der Waals surface area contributed by atoms with Gasteiger partial charge in [-0.05, 0) is 37.3 Å². The SMILES string of the molecule is Cc1ccc(C2Cn3nc(C(=O)NCC4CC4)cc3CO2)cc1. The van der Waals surface area contributed by atoms with Gasteiger partial charge in [0.05, 0.1) is 18.8 Å². The van der Waals surface area contributed by atoms with Crippen molar-refractivity contribution in [1.82, 2.24) is 15.1 Å². The van der Waals surface area contributed by atoms with Gasteiger partial charge >= 0.3 is 0 Å². The summed E-state index contributed by atoms with van der Waals surface area (Å²) in [4.78, 5) is 12.2. The number of nitrogens with one attached hydrogen (secondary N) is 1. The second-order valence-corrected chi connectivity index (χ2v) is 6.57. The Hall–Kier alpha value is -2.14. The fraction of sp³-hybridized carbons (Fsp3) is 0.444. The number of aromatic nitrogens is 2. The van der Waals surface area contributed by atoms with Crippen LogP contribution in [0.15, 0.2) is 30.3 Å². The number of amides is 1. The molecule has 1 aliphatic carbocycles. The summed E-state index contributed by atoms with van der Waals surface area (Å²) >= 11 is 0. The summed E-state index contributed by atoms with van der Waals surface area (Å²) in [5.74, 6) is 0.594. The lowest BCUT2D eigenvalue weighted by atomic mass is 10.1. The number of fused-ring (bicyclic) bond motifs is 1. The fourth-order valence-electron chi connectivity index (χ4n) is 2.87. The highest BCUT2D eigenvalue weighted by molar-refractivity contribution is 5.92. The summed E-state index contributed by atoms with van der Waals surface area (Å²) in [5, 5.41) is 7.43. The van der Waals surface area contributed by atoms with Crippen LogP contribution in [0.4, 0.5) is 0 Å². The van der Waals surface area contributed by atoms with Gasteiger partial charge in [0, 0.05) is 6.54 Å². The van der Waals surface area contributed by atoms with Crippen LogP contribution in [0.5, 0.6) is 0 Å². The maximum absolute atomic E-state index is 12.2. The molecule has 5 nitrogen and oxygen atoms in total. The van der Waals surface area contributed by atoms with E-state index in [0.717, 1.165) is 17.8 Å². The maximum atomic E-state index is 12.2. The van der Waals surface area contributed by atoms with Gasteiger partial charge in [0.25, 0.3) is 5.91 Å². The molecule has 1 amide bonds. The van der Waals surface area contributed by atoms with Gasteiger partial charge in [-0.2, -0.15) is 5.10 Å². The molecule has 0 radical (unpaired) electrons. The molecule has 2 aromatic rings. The van der Waals surface area contributed by atoms with Gasteiger partial charge in [-0.3, -0.25) is 9.48 Å². The van der Waals surface area contributed by atoms with E-state index in [4.69, 9.17) is 4.74 Å². The quantitative estimate of drug-likeness (QED) is 0.944. The number of carbonyl (C=O) groups is 1. The molecule has 1 unspecified atom stereocenters. The lowest BCUT2D eigenvalue weighted by Crippen LogP contribution is -2.26. The van der Waals surface area contributed by atoms with Crippen LogP contribution in [0.2, 0.25) is 0 Å². The van der Waals surface area contributed by atoms with Gasteiger partial charge in [-0.15, -0.1) is 0 Å². The Balaban J connectivity index is 1.46. The lowest BCUT2D eigenvalue weighted by Gasteiger charge is -2.24. The van der Waals surface area contributed by atoms with E-state index >= 15 is 0 Å². The van der Waals surface area contributed by atoms with Crippen LogP contribution in [0.25, 0.3) is 0 Å². The molecular weight excluding hydrogens is 290 g/mol. The highest BCUT2D eigenvalue weighted by Crippen LogP contribution is 2.28. The van der Waals surface area contributed by atoms with Crippen LogP contribution in [-0.4, -0.2) is 22.2 Å². The van der Waals surface area contributed by atoms with Gasteiger partial charge in [0.1, 0.15) is 6.10 Å². The fourth-order valence-corrected chi connectivity index (χ4v) is 2.87. The summed E-state index contributed by atoms with van der Waals surface area (Å²) in [6.45, 7) is 3.98. The molecule has 1 aliphatic heterocycles. The molecule has 1 atom stereocenters. The van der Waals surface area contributed by atoms with E-state index in [0.29, 0.717) is 24.8 Å². The second-order valence-electron chi connectivity index (χ2n) is 6.57. The first-order valence-corrected chi connectivity index (χ1v) is 8.22. The molecule has 5 heteroatoms. The summed E-state index contributed by atoms with van der Waals surface area (Å²) in [7, 11) is 0. The molecule has 1 N–H and O–H groups in total. The Labute approximate surface area is 135 Å². The zero-order valence-electron chi connectivity index (χ0n) is 13.3. The Morgan fingerprint density at radius 2 is 2.13 bits per heavy atom. The minimum atomic E-state index is -0.0781. The molecule has 0 spiro atoms. The van der Waals surface area contributed by atoms with Crippen molar-refractivity contribution in [3.63, 3.8) is 0 Å². The number of hydrogen-bond acceptors (Lipinski definition) is 3. The summed E-state index contributed by atoms with van der Waals surface area (Å²) in [6, 6.07) is 10.2. The predicted molar refractivity (Wildman–Crippen MR) is 86.0 cm³/mol. The molecule has 2 aliphatic rings. The van der Waals surface area contributed by atoms with Crippen molar-refractivity contribution in [2.24, 2.45) is 5.92 Å². The van der Waals surface area contributed by atoms with Gasteiger partial charge in [-0.25, -0.2) is 0 Å². The molecule has 120 valence electrons. The topological polar surface area (TPSA) is 56.2 Å². The average Bonchev–Trinajstić information content (AvgIpc) is 3.29. The Bertz CT molecular complexity index is 716. The first-order valence-electron chi connectivity index (χ1n) is 8.22. The minimum absolute atomic E-state index is 0.00891. The number of ether oxygens (including phenoxy) is 1. The lowest BCUT2D eigenvalue weighted by molar-refractivity contribution is -0.00120. The molecule has 4 rings (SSSR count). The summed E-state index contributed by atoms with van der Waals surface area (Å²) in [6.07, 6.45) is 2.45. The third-order valence-corrected chi connectivity index (χ3v) is 4.56. The Morgan fingerprint density at radius 3 is 2.87 bits per heavy atom. The highest BCUT2D eigenvalue weighted by Gasteiger charge is 2.25. The van der Waals surface area contributed by atoms with Crippen molar-refractivity contribution < 1.29 is 9.53 Å². The van der Waals surface area contributed by atoms with Crippen LogP contribution < -0.4 is 5.32 Å². The van der Waals surface area contributed by atoms with Crippen molar-refractivity contribution in [2.75, 3.05) is 6.54 Å². The maximum Gasteiger partial charge on any atom is 0.271 e. The number of aryl methyl sites for hydroxylation is 1. The highest BCUT2D eigenvalue weighted by atomic mass is 16.5. The van der Waals surface area contributed by atoms with Gasteiger partial charge in [0.2, 0.25) is 0 Å². The summed E-state index contributed by atoms with van der Waals surface area (Å²) in [5.41, 5.74) is 3.84. The van der Waals surface area contributed by atoms with E-state index < -0.39 is 0 Å². The average molecular weight is 311 g/mol. The first-order chi connectivity index (χ1) is 11.2. The molecule has 23 heavy (non-hydrogen) atoms. The number of benzene rings is 1. The van der Waals surface area contributed by atoms with Gasteiger partial charge < -0.3 is 10.1 Å². The Kier molecular flexibility index (Phi) is 3.65. The zero-order chi connectivity index (χ0) is 15.8. The van der Waals surface area contributed by atoms with Crippen LogP contribution in [0, 0.1) is 12.8 Å². The number of rotatable bonds is 4. The van der Waals surface area contributed by atoms with Gasteiger partial charge in [-0.1, -0.05) is 29.8 Å². The van der Waals surface area contributed by atoms with E-state index in [-0.39, 0.29) is 12.0 Å². The Morgan fingerprint density at radius 1 is 1.35 bits per heavy atom. The van der Waals surface area contributed by atoms with Gasteiger partial charge in [0.15, 0.2) is 5.69 Å². The second kappa shape index (κ2) is 5.81. The third kappa shape index (κ3) is 3.15. The van der Waals surface area contributed by atoms with Crippen molar-refractivity contribution in [2.45, 2.75) is 39.0 Å². The molecule has 0 bridgehead atoms. The van der Waals surface area contributed by atoms with Crippen LogP contribution in [0.3, 0.4) is 0 Å². The van der Waals surface area contributed by atoms with E-state index in [1.807, 2.05) is 10.7 Å². The van der Waals surface area contributed by atoms with Crippen molar-refractivity contribution in [3.8, 4) is 0 Å². The van der Waals surface area contributed by atoms with Crippen molar-refractivity contribution in [3.05, 3.63) is 52.8 Å². The van der Waals surface area contributed by atoms with Crippen LogP contribution in [0.1, 0.15) is 46.3 Å². The standard InChI is InChI=1S/C18H21N3O2/c1-12-2-6-14(7-3-12)17-10-21-15(11-23-17)8-16(20-21)18(22)19-9-13-4-5-13/h2-3,6-8,13,17H,4-5,9-11H2,1H3,(H,19,22). The van der Waals surface area contributed by atoms with Crippen molar-refractivity contribution in [1.29, 1.82) is 0 Å². The number of hydrogen-bond donors (Lipinski definition) is 1. The molecule has 1 fully saturated rings. The molecule has 1 aromatic heterocycles.